The summed E-state index contributed by atoms with van der Waals surface area (Å²) in [6, 6.07) is 14.2. The number of hydrogen-bond donors (Lipinski definition) is 2. The van der Waals surface area contributed by atoms with Crippen LogP contribution in [0.2, 0.25) is 0 Å². The van der Waals surface area contributed by atoms with Crippen molar-refractivity contribution in [2.75, 3.05) is 6.61 Å². The van der Waals surface area contributed by atoms with E-state index in [0.29, 0.717) is 25.9 Å². The van der Waals surface area contributed by atoms with Gasteiger partial charge in [-0.1, -0.05) is 38.1 Å². The van der Waals surface area contributed by atoms with Crippen LogP contribution in [0, 0.1) is 12.8 Å². The van der Waals surface area contributed by atoms with Crippen LogP contribution in [0.25, 0.3) is 16.6 Å². The average molecular weight is 405 g/mol. The summed E-state index contributed by atoms with van der Waals surface area (Å²) in [5.41, 5.74) is 3.89. The third-order valence-corrected chi connectivity index (χ3v) is 6.95. The Labute approximate surface area is 175 Å². The third kappa shape index (κ3) is 2.54. The van der Waals surface area contributed by atoms with Crippen molar-refractivity contribution in [3.05, 3.63) is 59.3 Å². The lowest BCUT2D eigenvalue weighted by Gasteiger charge is -2.43. The van der Waals surface area contributed by atoms with Gasteiger partial charge in [0, 0.05) is 27.7 Å². The van der Waals surface area contributed by atoms with E-state index in [9.17, 15) is 15.0 Å². The van der Waals surface area contributed by atoms with Gasteiger partial charge in [0.05, 0.1) is 23.6 Å². The van der Waals surface area contributed by atoms with Gasteiger partial charge < -0.3 is 19.5 Å². The average Bonchev–Trinajstić information content (AvgIpc) is 3.31. The summed E-state index contributed by atoms with van der Waals surface area (Å²) < 4.78 is 8.75. The van der Waals surface area contributed by atoms with Crippen LogP contribution in [0.4, 0.5) is 0 Å². The first-order valence-corrected chi connectivity index (χ1v) is 10.6. The molecule has 5 nitrogen and oxygen atoms in total. The van der Waals surface area contributed by atoms with Crippen LogP contribution in [-0.2, 0) is 20.5 Å². The van der Waals surface area contributed by atoms with Crippen molar-refractivity contribution in [1.29, 1.82) is 0 Å². The highest BCUT2D eigenvalue weighted by Crippen LogP contribution is 2.56. The molecule has 0 saturated heterocycles. The zero-order chi connectivity index (χ0) is 21.3. The Morgan fingerprint density at radius 2 is 1.90 bits per heavy atom. The van der Waals surface area contributed by atoms with E-state index in [0.717, 1.165) is 33.4 Å². The molecule has 2 aromatic carbocycles. The number of carbonyl (C=O) groups is 1. The summed E-state index contributed by atoms with van der Waals surface area (Å²) in [4.78, 5) is 11.8. The highest BCUT2D eigenvalue weighted by atomic mass is 16.5. The molecular weight excluding hydrogens is 378 g/mol. The van der Waals surface area contributed by atoms with Crippen LogP contribution in [0.1, 0.15) is 49.9 Å². The number of aromatic nitrogens is 1. The first-order valence-electron chi connectivity index (χ1n) is 10.6. The third-order valence-electron chi connectivity index (χ3n) is 6.95. The highest BCUT2D eigenvalue weighted by molar-refractivity contribution is 5.95. The van der Waals surface area contributed by atoms with E-state index in [2.05, 4.69) is 36.6 Å². The van der Waals surface area contributed by atoms with Crippen molar-refractivity contribution < 1.29 is 19.7 Å². The fourth-order valence-electron chi connectivity index (χ4n) is 5.44. The Kier molecular flexibility index (Phi) is 4.06. The molecule has 1 aliphatic heterocycles. The van der Waals surface area contributed by atoms with Crippen molar-refractivity contribution in [2.24, 2.45) is 5.92 Å². The summed E-state index contributed by atoms with van der Waals surface area (Å²) in [6.07, 6.45) is 1.67. The van der Waals surface area contributed by atoms with E-state index in [4.69, 9.17) is 4.74 Å². The van der Waals surface area contributed by atoms with Gasteiger partial charge in [0.15, 0.2) is 0 Å². The smallest absolute Gasteiger partial charge is 0.306 e. The van der Waals surface area contributed by atoms with Crippen molar-refractivity contribution >= 4 is 16.9 Å². The number of phenols is 1. The number of para-hydroxylation sites is 1. The van der Waals surface area contributed by atoms with Gasteiger partial charge in [0.25, 0.3) is 0 Å². The molecule has 3 aromatic rings. The Morgan fingerprint density at radius 1 is 1.17 bits per heavy atom. The molecule has 1 saturated carbocycles. The first kappa shape index (κ1) is 19.2. The normalized spacial score (nSPS) is 25.0. The molecule has 2 N–H and O–H groups in total. The molecular formula is C25H27NO4. The van der Waals surface area contributed by atoms with E-state index in [-0.39, 0.29) is 11.2 Å². The maximum atomic E-state index is 11.8. The van der Waals surface area contributed by atoms with Crippen LogP contribution in [0.15, 0.2) is 42.5 Å². The number of fused-ring (bicyclic) bond motifs is 4. The van der Waals surface area contributed by atoms with Crippen LogP contribution >= 0.6 is 0 Å². The molecule has 2 atom stereocenters. The topological polar surface area (TPSA) is 71.7 Å². The summed E-state index contributed by atoms with van der Waals surface area (Å²) in [6.45, 7) is 6.72. The number of ether oxygens (including phenoxy) is 1. The molecule has 0 bridgehead atoms. The Balaban J connectivity index is 1.91. The number of phenolic OH excluding ortho intramolecular Hbond substituents is 1. The predicted molar refractivity (Wildman–Crippen MR) is 115 cm³/mol. The van der Waals surface area contributed by atoms with Crippen LogP contribution in [-0.4, -0.2) is 27.4 Å². The van der Waals surface area contributed by atoms with Gasteiger partial charge in [-0.25, -0.2) is 0 Å². The minimum Gasteiger partial charge on any atom is -0.507 e. The first-order chi connectivity index (χ1) is 14.3. The molecule has 0 amide bonds. The molecule has 156 valence electrons. The summed E-state index contributed by atoms with van der Waals surface area (Å²) >= 11 is 0. The minimum atomic E-state index is -0.769. The van der Waals surface area contributed by atoms with E-state index in [1.807, 2.05) is 31.2 Å². The number of hydrogen-bond acceptors (Lipinski definition) is 3. The van der Waals surface area contributed by atoms with Crippen molar-refractivity contribution in [3.8, 4) is 11.4 Å². The lowest BCUT2D eigenvalue weighted by Crippen LogP contribution is -2.43. The second-order valence-corrected chi connectivity index (χ2v) is 9.46. The van der Waals surface area contributed by atoms with Crippen LogP contribution < -0.4 is 0 Å². The molecule has 0 radical (unpaired) electrons. The molecule has 2 unspecified atom stereocenters. The van der Waals surface area contributed by atoms with Gasteiger partial charge in [-0.2, -0.15) is 0 Å². The van der Waals surface area contributed by atoms with Crippen LogP contribution in [0.3, 0.4) is 0 Å². The summed E-state index contributed by atoms with van der Waals surface area (Å²) in [7, 11) is 0. The quantitative estimate of drug-likeness (QED) is 0.627. The number of nitrogens with zero attached hydrogens (tertiary/aromatic N) is 1. The number of rotatable bonds is 2. The molecule has 5 heteroatoms. The fourth-order valence-corrected chi connectivity index (χ4v) is 5.44. The largest absolute Gasteiger partial charge is 0.507 e. The summed E-state index contributed by atoms with van der Waals surface area (Å²) in [5.74, 6) is -0.937. The van der Waals surface area contributed by atoms with Gasteiger partial charge in [-0.3, -0.25) is 4.79 Å². The Morgan fingerprint density at radius 3 is 2.57 bits per heavy atom. The molecule has 2 aliphatic rings. The van der Waals surface area contributed by atoms with E-state index in [1.54, 1.807) is 0 Å². The van der Waals surface area contributed by atoms with Gasteiger partial charge in [-0.15, -0.1) is 0 Å². The zero-order valence-electron chi connectivity index (χ0n) is 17.6. The minimum absolute atomic E-state index is 0.262. The van der Waals surface area contributed by atoms with Crippen molar-refractivity contribution in [1.82, 2.24) is 4.57 Å². The molecule has 1 aliphatic carbocycles. The maximum Gasteiger partial charge on any atom is 0.306 e. The Hall–Kier alpha value is -2.79. The number of carboxylic acid groups (broad SMARTS) is 1. The lowest BCUT2D eigenvalue weighted by molar-refractivity contribution is -0.143. The second kappa shape index (κ2) is 6.35. The molecule has 1 aromatic heterocycles. The number of aryl methyl sites for hydroxylation is 1. The lowest BCUT2D eigenvalue weighted by atomic mass is 9.76. The molecule has 1 fully saturated rings. The second-order valence-electron chi connectivity index (χ2n) is 9.46. The van der Waals surface area contributed by atoms with Gasteiger partial charge >= 0.3 is 5.97 Å². The van der Waals surface area contributed by atoms with Gasteiger partial charge in [0.2, 0.25) is 0 Å². The highest BCUT2D eigenvalue weighted by Gasteiger charge is 2.53. The number of benzene rings is 2. The van der Waals surface area contributed by atoms with E-state index in [1.165, 1.54) is 0 Å². The zero-order valence-corrected chi connectivity index (χ0v) is 17.6. The van der Waals surface area contributed by atoms with Crippen molar-refractivity contribution in [3.63, 3.8) is 0 Å². The van der Waals surface area contributed by atoms with Gasteiger partial charge in [0.1, 0.15) is 5.75 Å². The molecule has 30 heavy (non-hydrogen) atoms. The molecule has 2 heterocycles. The predicted octanol–water partition coefficient (Wildman–Crippen LogP) is 5.03. The number of aliphatic carboxylic acids is 1. The maximum absolute atomic E-state index is 11.8. The van der Waals surface area contributed by atoms with Crippen molar-refractivity contribution in [2.45, 2.75) is 51.0 Å². The monoisotopic (exact) mass is 405 g/mol. The standard InChI is InChI=1S/C25H27NO4/c1-15-9-10-18-19(21(15)27)20-22(26(18)17-7-5-4-6-8-17)24(2,3)14-30-25(20)12-11-16(13-25)23(28)29/h4-10,16,27H,11-14H2,1-3H3,(H,28,29). The fraction of sp³-hybridized carbons (Fsp3) is 0.400. The van der Waals surface area contributed by atoms with Gasteiger partial charge in [-0.05, 0) is 49.9 Å². The van der Waals surface area contributed by atoms with E-state index >= 15 is 0 Å². The SMILES string of the molecule is Cc1ccc2c(c1O)c1c(n2-c2ccccc2)C(C)(C)COC12CCC(C(=O)O)C2. The number of carboxylic acids is 1. The van der Waals surface area contributed by atoms with Crippen LogP contribution in [0.5, 0.6) is 5.75 Å². The summed E-state index contributed by atoms with van der Waals surface area (Å²) in [5, 5.41) is 21.6. The molecule has 1 spiro atoms. The Bertz CT molecular complexity index is 1160. The number of aromatic hydroxyl groups is 1. The molecule has 5 rings (SSSR count). The van der Waals surface area contributed by atoms with E-state index < -0.39 is 17.5 Å².